The van der Waals surface area contributed by atoms with Crippen LogP contribution in [0.25, 0.3) is 5.78 Å². The van der Waals surface area contributed by atoms with Crippen LogP contribution in [0.3, 0.4) is 0 Å². The van der Waals surface area contributed by atoms with Gasteiger partial charge in [-0.15, -0.1) is 5.10 Å². The highest BCUT2D eigenvalue weighted by Crippen LogP contribution is 2.17. The van der Waals surface area contributed by atoms with E-state index < -0.39 is 5.97 Å². The standard InChI is InChI=1S/C21H25N5O3S/c1-13-7-5-6-8-16(13)9-10-22-18(27)12-29-19(28)11-17-14(2)23-20-24-21(30-4)25-26(20)15(17)3/h5-8H,9-12H2,1-4H3,(H,22,27). The molecule has 0 atom stereocenters. The number of ether oxygens (including phenoxy) is 1. The van der Waals surface area contributed by atoms with E-state index in [2.05, 4.69) is 20.4 Å². The molecule has 0 radical (unpaired) electrons. The third-order valence-electron chi connectivity index (χ3n) is 4.88. The van der Waals surface area contributed by atoms with Crippen LogP contribution in [0.15, 0.2) is 29.4 Å². The molecule has 0 fully saturated rings. The number of thioether (sulfide) groups is 1. The van der Waals surface area contributed by atoms with E-state index in [4.69, 9.17) is 4.74 Å². The molecule has 0 aliphatic heterocycles. The molecule has 0 spiro atoms. The molecule has 2 aromatic heterocycles. The minimum atomic E-state index is -0.485. The van der Waals surface area contributed by atoms with Crippen LogP contribution in [-0.4, -0.2) is 50.9 Å². The predicted molar refractivity (Wildman–Crippen MR) is 115 cm³/mol. The molecule has 1 N–H and O–H groups in total. The van der Waals surface area contributed by atoms with E-state index in [9.17, 15) is 9.59 Å². The van der Waals surface area contributed by atoms with Gasteiger partial charge in [-0.1, -0.05) is 36.0 Å². The van der Waals surface area contributed by atoms with Gasteiger partial charge in [0, 0.05) is 23.5 Å². The zero-order chi connectivity index (χ0) is 21.7. The molecule has 1 aromatic carbocycles. The van der Waals surface area contributed by atoms with Crippen LogP contribution in [0.4, 0.5) is 0 Å². The number of carbonyl (C=O) groups excluding carboxylic acids is 2. The summed E-state index contributed by atoms with van der Waals surface area (Å²) in [5.74, 6) is -0.305. The van der Waals surface area contributed by atoms with Crippen molar-refractivity contribution >= 4 is 29.4 Å². The van der Waals surface area contributed by atoms with Gasteiger partial charge in [0.25, 0.3) is 11.7 Å². The molecule has 30 heavy (non-hydrogen) atoms. The van der Waals surface area contributed by atoms with E-state index in [-0.39, 0.29) is 18.9 Å². The van der Waals surface area contributed by atoms with Crippen LogP contribution < -0.4 is 5.32 Å². The Morgan fingerprint density at radius 1 is 1.17 bits per heavy atom. The van der Waals surface area contributed by atoms with E-state index in [0.29, 0.717) is 23.2 Å². The number of esters is 1. The molecule has 0 bridgehead atoms. The average Bonchev–Trinajstić information content (AvgIpc) is 3.14. The second-order valence-electron chi connectivity index (χ2n) is 6.94. The molecule has 0 saturated carbocycles. The minimum Gasteiger partial charge on any atom is -0.455 e. The van der Waals surface area contributed by atoms with Gasteiger partial charge in [-0.3, -0.25) is 9.59 Å². The van der Waals surface area contributed by atoms with E-state index in [1.807, 2.05) is 51.3 Å². The van der Waals surface area contributed by atoms with Gasteiger partial charge in [0.15, 0.2) is 6.61 Å². The fraction of sp³-hybridized carbons (Fsp3) is 0.381. The molecule has 1 amide bonds. The number of amides is 1. The molecule has 9 heteroatoms. The molecule has 0 unspecified atom stereocenters. The molecular formula is C21H25N5O3S. The monoisotopic (exact) mass is 427 g/mol. The summed E-state index contributed by atoms with van der Waals surface area (Å²) in [4.78, 5) is 33.0. The van der Waals surface area contributed by atoms with Gasteiger partial charge in [0.1, 0.15) is 0 Å². The highest BCUT2D eigenvalue weighted by Gasteiger charge is 2.17. The lowest BCUT2D eigenvalue weighted by molar-refractivity contribution is -0.147. The zero-order valence-electron chi connectivity index (χ0n) is 17.6. The summed E-state index contributed by atoms with van der Waals surface area (Å²) < 4.78 is 6.78. The number of fused-ring (bicyclic) bond motifs is 1. The fourth-order valence-electron chi connectivity index (χ4n) is 3.15. The Morgan fingerprint density at radius 2 is 1.93 bits per heavy atom. The molecule has 0 aliphatic carbocycles. The summed E-state index contributed by atoms with van der Waals surface area (Å²) in [6.45, 7) is 5.91. The lowest BCUT2D eigenvalue weighted by Gasteiger charge is -2.11. The SMILES string of the molecule is CSc1nc2nc(C)c(CC(=O)OCC(=O)NCCc3ccccc3C)c(C)n2n1. The Hall–Kier alpha value is -2.94. The van der Waals surface area contributed by atoms with Gasteiger partial charge in [-0.25, -0.2) is 9.50 Å². The average molecular weight is 428 g/mol. The van der Waals surface area contributed by atoms with Gasteiger partial charge in [0.2, 0.25) is 5.16 Å². The van der Waals surface area contributed by atoms with Crippen molar-refractivity contribution in [2.24, 2.45) is 0 Å². The maximum atomic E-state index is 12.3. The van der Waals surface area contributed by atoms with E-state index in [0.717, 1.165) is 17.7 Å². The van der Waals surface area contributed by atoms with Gasteiger partial charge >= 0.3 is 5.97 Å². The lowest BCUT2D eigenvalue weighted by atomic mass is 10.1. The fourth-order valence-corrected chi connectivity index (χ4v) is 3.49. The maximum absolute atomic E-state index is 12.3. The Labute approximate surface area is 179 Å². The first kappa shape index (κ1) is 21.8. The predicted octanol–water partition coefficient (Wildman–Crippen LogP) is 2.22. The number of nitrogens with one attached hydrogen (secondary N) is 1. The lowest BCUT2D eigenvalue weighted by Crippen LogP contribution is -2.31. The van der Waals surface area contributed by atoms with Gasteiger partial charge in [-0.2, -0.15) is 4.98 Å². The molecule has 3 aromatic rings. The van der Waals surface area contributed by atoms with Gasteiger partial charge in [0.05, 0.1) is 6.42 Å². The first-order valence-electron chi connectivity index (χ1n) is 9.62. The summed E-state index contributed by atoms with van der Waals surface area (Å²) in [5, 5.41) is 7.77. The molecule has 158 valence electrons. The number of nitrogens with zero attached hydrogens (tertiary/aromatic N) is 4. The Bertz CT molecular complexity index is 1080. The molecule has 2 heterocycles. The van der Waals surface area contributed by atoms with Crippen molar-refractivity contribution < 1.29 is 14.3 Å². The van der Waals surface area contributed by atoms with Gasteiger partial charge in [-0.05, 0) is 44.6 Å². The van der Waals surface area contributed by atoms with Crippen LogP contribution in [0.1, 0.15) is 28.1 Å². The smallest absolute Gasteiger partial charge is 0.310 e. The van der Waals surface area contributed by atoms with Gasteiger partial charge < -0.3 is 10.1 Å². The van der Waals surface area contributed by atoms with Crippen LogP contribution in [-0.2, 0) is 27.2 Å². The van der Waals surface area contributed by atoms with Crippen molar-refractivity contribution in [3.63, 3.8) is 0 Å². The molecular weight excluding hydrogens is 402 g/mol. The first-order chi connectivity index (χ1) is 14.4. The van der Waals surface area contributed by atoms with E-state index in [1.165, 1.54) is 22.9 Å². The van der Waals surface area contributed by atoms with Crippen molar-refractivity contribution in [2.75, 3.05) is 19.4 Å². The number of hydrogen-bond donors (Lipinski definition) is 1. The second-order valence-corrected chi connectivity index (χ2v) is 7.71. The summed E-state index contributed by atoms with van der Waals surface area (Å²) >= 11 is 1.43. The summed E-state index contributed by atoms with van der Waals surface area (Å²) in [6.07, 6.45) is 2.64. The highest BCUT2D eigenvalue weighted by molar-refractivity contribution is 7.98. The highest BCUT2D eigenvalue weighted by atomic mass is 32.2. The first-order valence-corrected chi connectivity index (χ1v) is 10.8. The number of rotatable bonds is 8. The Morgan fingerprint density at radius 3 is 2.67 bits per heavy atom. The topological polar surface area (TPSA) is 98.5 Å². The summed E-state index contributed by atoms with van der Waals surface area (Å²) in [7, 11) is 0. The van der Waals surface area contributed by atoms with Crippen molar-refractivity contribution in [3.8, 4) is 0 Å². The quantitative estimate of drug-likeness (QED) is 0.435. The van der Waals surface area contributed by atoms with Crippen LogP contribution in [0.2, 0.25) is 0 Å². The van der Waals surface area contributed by atoms with Crippen molar-refractivity contribution in [1.29, 1.82) is 0 Å². The van der Waals surface area contributed by atoms with Crippen LogP contribution in [0, 0.1) is 20.8 Å². The van der Waals surface area contributed by atoms with Crippen molar-refractivity contribution in [3.05, 3.63) is 52.3 Å². The summed E-state index contributed by atoms with van der Waals surface area (Å²) in [6, 6.07) is 8.03. The maximum Gasteiger partial charge on any atom is 0.310 e. The van der Waals surface area contributed by atoms with Crippen LogP contribution in [0.5, 0.6) is 0 Å². The largest absolute Gasteiger partial charge is 0.455 e. The third kappa shape index (κ3) is 5.15. The number of hydrogen-bond acceptors (Lipinski definition) is 7. The Balaban J connectivity index is 1.52. The number of benzene rings is 1. The van der Waals surface area contributed by atoms with E-state index in [1.54, 1.807) is 4.52 Å². The second kappa shape index (κ2) is 9.71. The Kier molecular flexibility index (Phi) is 7.04. The number of aryl methyl sites for hydroxylation is 3. The molecule has 3 rings (SSSR count). The van der Waals surface area contributed by atoms with Crippen molar-refractivity contribution in [2.45, 2.75) is 38.8 Å². The normalized spacial score (nSPS) is 10.9. The third-order valence-corrected chi connectivity index (χ3v) is 5.41. The molecule has 0 aliphatic rings. The van der Waals surface area contributed by atoms with Crippen LogP contribution >= 0.6 is 11.8 Å². The van der Waals surface area contributed by atoms with E-state index >= 15 is 0 Å². The number of aromatic nitrogens is 4. The zero-order valence-corrected chi connectivity index (χ0v) is 18.4. The minimum absolute atomic E-state index is 0.0194. The van der Waals surface area contributed by atoms with Crippen molar-refractivity contribution in [1.82, 2.24) is 24.9 Å². The molecule has 8 nitrogen and oxygen atoms in total. The molecule has 0 saturated heterocycles. The summed E-state index contributed by atoms with van der Waals surface area (Å²) in [5.41, 5.74) is 4.57. The number of carbonyl (C=O) groups is 2.